The predicted octanol–water partition coefficient (Wildman–Crippen LogP) is 2.83. The summed E-state index contributed by atoms with van der Waals surface area (Å²) in [5, 5.41) is 0.376. The fourth-order valence-electron chi connectivity index (χ4n) is 1.66. The molecule has 0 aliphatic carbocycles. The highest BCUT2D eigenvalue weighted by Gasteiger charge is 2.20. The highest BCUT2D eigenvalue weighted by molar-refractivity contribution is 6.36. The fraction of sp³-hybridized carbons (Fsp3) is 0.167. The van der Waals surface area contributed by atoms with Crippen molar-refractivity contribution in [2.75, 3.05) is 7.11 Å². The van der Waals surface area contributed by atoms with Crippen LogP contribution in [-0.4, -0.2) is 23.0 Å². The second kappa shape index (κ2) is 4.59. The monoisotopic (exact) mass is 250 g/mol. The maximum atomic E-state index is 11.6. The van der Waals surface area contributed by atoms with Gasteiger partial charge in [0.1, 0.15) is 0 Å². The molecule has 2 aromatic rings. The molecule has 0 aromatic carbocycles. The minimum Gasteiger partial charge on any atom is -0.465 e. The lowest BCUT2D eigenvalue weighted by Crippen LogP contribution is -2.02. The molecular weight excluding hydrogens is 240 g/mol. The van der Waals surface area contributed by atoms with Gasteiger partial charge in [-0.15, -0.1) is 0 Å². The zero-order chi connectivity index (χ0) is 12.4. The van der Waals surface area contributed by atoms with E-state index in [2.05, 4.69) is 9.97 Å². The van der Waals surface area contributed by atoms with E-state index < -0.39 is 5.97 Å². The van der Waals surface area contributed by atoms with Crippen molar-refractivity contribution in [1.82, 2.24) is 9.97 Å². The number of carbonyl (C=O) groups is 1. The van der Waals surface area contributed by atoms with Crippen molar-refractivity contribution in [1.29, 1.82) is 0 Å². The Hall–Kier alpha value is -1.81. The summed E-state index contributed by atoms with van der Waals surface area (Å²) in [5.41, 5.74) is 2.64. The van der Waals surface area contributed by atoms with E-state index in [4.69, 9.17) is 16.3 Å². The quantitative estimate of drug-likeness (QED) is 0.834. The van der Waals surface area contributed by atoms with Crippen LogP contribution in [0.1, 0.15) is 16.1 Å². The molecule has 5 heteroatoms. The standard InChI is InChI=1S/C12H11ClN2O2/c1-7-9(12(16)17-2)10(13)11(15-7)8-3-5-14-6-4-8/h3-6,15H,1-2H3. The van der Waals surface area contributed by atoms with Crippen molar-refractivity contribution in [3.05, 3.63) is 40.8 Å². The third-order valence-electron chi connectivity index (χ3n) is 2.48. The topological polar surface area (TPSA) is 55.0 Å². The molecule has 17 heavy (non-hydrogen) atoms. The highest BCUT2D eigenvalue weighted by Crippen LogP contribution is 2.32. The van der Waals surface area contributed by atoms with Crippen LogP contribution in [0.25, 0.3) is 11.3 Å². The molecule has 0 saturated carbocycles. The SMILES string of the molecule is COC(=O)c1c(C)[nH]c(-c2ccncc2)c1Cl. The summed E-state index contributed by atoms with van der Waals surface area (Å²) >= 11 is 6.19. The average molecular weight is 251 g/mol. The van der Waals surface area contributed by atoms with E-state index in [-0.39, 0.29) is 0 Å². The molecule has 2 rings (SSSR count). The van der Waals surface area contributed by atoms with Crippen LogP contribution in [0.4, 0.5) is 0 Å². The van der Waals surface area contributed by atoms with Gasteiger partial charge >= 0.3 is 5.97 Å². The first kappa shape index (κ1) is 11.7. The number of aryl methyl sites for hydroxylation is 1. The van der Waals surface area contributed by atoms with Gasteiger partial charge in [0, 0.05) is 23.7 Å². The lowest BCUT2D eigenvalue weighted by molar-refractivity contribution is 0.0600. The van der Waals surface area contributed by atoms with Crippen molar-refractivity contribution in [2.24, 2.45) is 0 Å². The van der Waals surface area contributed by atoms with Crippen molar-refractivity contribution in [3.8, 4) is 11.3 Å². The Balaban J connectivity index is 2.56. The smallest absolute Gasteiger partial charge is 0.341 e. The Morgan fingerprint density at radius 3 is 2.65 bits per heavy atom. The van der Waals surface area contributed by atoms with Crippen LogP contribution in [0.2, 0.25) is 5.02 Å². The number of halogens is 1. The average Bonchev–Trinajstić information content (AvgIpc) is 2.65. The summed E-state index contributed by atoms with van der Waals surface area (Å²) in [7, 11) is 1.33. The summed E-state index contributed by atoms with van der Waals surface area (Å²) in [4.78, 5) is 18.6. The molecule has 4 nitrogen and oxygen atoms in total. The first-order valence-electron chi connectivity index (χ1n) is 5.02. The summed E-state index contributed by atoms with van der Waals surface area (Å²) < 4.78 is 4.69. The molecule has 2 heterocycles. The number of ether oxygens (including phenoxy) is 1. The Kier molecular flexibility index (Phi) is 3.15. The number of nitrogens with zero attached hydrogens (tertiary/aromatic N) is 1. The molecule has 0 unspecified atom stereocenters. The molecule has 0 amide bonds. The number of aromatic amines is 1. The minimum absolute atomic E-state index is 0.376. The van der Waals surface area contributed by atoms with Gasteiger partial charge in [-0.05, 0) is 19.1 Å². The van der Waals surface area contributed by atoms with Crippen LogP contribution in [0.3, 0.4) is 0 Å². The summed E-state index contributed by atoms with van der Waals surface area (Å²) in [6.07, 6.45) is 3.33. The number of hydrogen-bond donors (Lipinski definition) is 1. The zero-order valence-corrected chi connectivity index (χ0v) is 10.2. The molecule has 0 atom stereocenters. The fourth-order valence-corrected chi connectivity index (χ4v) is 2.03. The second-order valence-corrected chi connectivity index (χ2v) is 3.92. The van der Waals surface area contributed by atoms with E-state index in [1.165, 1.54) is 7.11 Å². The highest BCUT2D eigenvalue weighted by atomic mass is 35.5. The maximum Gasteiger partial charge on any atom is 0.341 e. The van der Waals surface area contributed by atoms with Crippen LogP contribution in [0, 0.1) is 6.92 Å². The predicted molar refractivity (Wildman–Crippen MR) is 65.1 cm³/mol. The van der Waals surface area contributed by atoms with Crippen LogP contribution in [0.15, 0.2) is 24.5 Å². The number of esters is 1. The molecule has 0 fully saturated rings. The molecule has 1 N–H and O–H groups in total. The number of H-pyrrole nitrogens is 1. The summed E-state index contributed by atoms with van der Waals surface area (Å²) in [6, 6.07) is 3.64. The van der Waals surface area contributed by atoms with Gasteiger partial charge in [0.2, 0.25) is 0 Å². The van der Waals surface area contributed by atoms with Crippen molar-refractivity contribution >= 4 is 17.6 Å². The zero-order valence-electron chi connectivity index (χ0n) is 9.45. The first-order valence-corrected chi connectivity index (χ1v) is 5.39. The van der Waals surface area contributed by atoms with Gasteiger partial charge in [-0.3, -0.25) is 4.98 Å². The van der Waals surface area contributed by atoms with Gasteiger partial charge in [0.25, 0.3) is 0 Å². The molecule has 0 spiro atoms. The molecule has 2 aromatic heterocycles. The lowest BCUT2D eigenvalue weighted by atomic mass is 10.2. The normalized spacial score (nSPS) is 10.3. The van der Waals surface area contributed by atoms with E-state index >= 15 is 0 Å². The van der Waals surface area contributed by atoms with Crippen molar-refractivity contribution in [3.63, 3.8) is 0 Å². The van der Waals surface area contributed by atoms with Crippen LogP contribution in [-0.2, 0) is 4.74 Å². The van der Waals surface area contributed by atoms with E-state index in [9.17, 15) is 4.79 Å². The Bertz CT molecular complexity index is 549. The van der Waals surface area contributed by atoms with E-state index in [0.717, 1.165) is 5.56 Å². The van der Waals surface area contributed by atoms with Gasteiger partial charge in [0.05, 0.1) is 23.4 Å². The largest absolute Gasteiger partial charge is 0.465 e. The number of nitrogens with one attached hydrogen (secondary N) is 1. The molecule has 0 bridgehead atoms. The maximum absolute atomic E-state index is 11.6. The number of methoxy groups -OCH3 is 1. The Morgan fingerprint density at radius 1 is 1.41 bits per heavy atom. The van der Waals surface area contributed by atoms with E-state index in [1.807, 2.05) is 12.1 Å². The van der Waals surface area contributed by atoms with E-state index in [1.54, 1.807) is 19.3 Å². The van der Waals surface area contributed by atoms with Gasteiger partial charge in [-0.2, -0.15) is 0 Å². The third kappa shape index (κ3) is 2.03. The van der Waals surface area contributed by atoms with Gasteiger partial charge in [0.15, 0.2) is 0 Å². The second-order valence-electron chi connectivity index (χ2n) is 3.54. The Labute approximate surface area is 104 Å². The van der Waals surface area contributed by atoms with E-state index in [0.29, 0.717) is 22.0 Å². The first-order chi connectivity index (χ1) is 8.15. The molecule has 0 aliphatic rings. The lowest BCUT2D eigenvalue weighted by Gasteiger charge is -1.99. The van der Waals surface area contributed by atoms with Gasteiger partial charge < -0.3 is 9.72 Å². The number of carbonyl (C=O) groups excluding carboxylic acids is 1. The molecule has 0 aliphatic heterocycles. The molecule has 0 radical (unpaired) electrons. The van der Waals surface area contributed by atoms with Crippen LogP contribution < -0.4 is 0 Å². The Morgan fingerprint density at radius 2 is 2.06 bits per heavy atom. The van der Waals surface area contributed by atoms with Crippen molar-refractivity contribution < 1.29 is 9.53 Å². The minimum atomic E-state index is -0.441. The molecular formula is C12H11ClN2O2. The van der Waals surface area contributed by atoms with Gasteiger partial charge in [-0.25, -0.2) is 4.79 Å². The summed E-state index contributed by atoms with van der Waals surface area (Å²) in [6.45, 7) is 1.78. The number of hydrogen-bond acceptors (Lipinski definition) is 3. The van der Waals surface area contributed by atoms with Crippen LogP contribution >= 0.6 is 11.6 Å². The third-order valence-corrected chi connectivity index (χ3v) is 2.86. The van der Waals surface area contributed by atoms with Gasteiger partial charge in [-0.1, -0.05) is 11.6 Å². The summed E-state index contributed by atoms with van der Waals surface area (Å²) in [5.74, 6) is -0.441. The number of rotatable bonds is 2. The molecule has 88 valence electrons. The number of aromatic nitrogens is 2. The molecule has 0 saturated heterocycles. The number of pyridine rings is 1. The van der Waals surface area contributed by atoms with Crippen molar-refractivity contribution in [2.45, 2.75) is 6.92 Å². The van der Waals surface area contributed by atoms with Crippen LogP contribution in [0.5, 0.6) is 0 Å².